The van der Waals surface area contributed by atoms with E-state index in [1.54, 1.807) is 6.07 Å². The molecule has 0 fully saturated rings. The van der Waals surface area contributed by atoms with Crippen LogP contribution >= 0.6 is 22.9 Å². The van der Waals surface area contributed by atoms with E-state index >= 15 is 0 Å². The highest BCUT2D eigenvalue weighted by molar-refractivity contribution is 7.14. The van der Waals surface area contributed by atoms with Crippen molar-refractivity contribution in [2.24, 2.45) is 0 Å². The molecule has 0 aliphatic heterocycles. The standard InChI is InChI=1S/C13H12ClF3N2OS/c1-8(9-4-11(14)21-6-9)19-10-2-3-12(18-5-10)20-7-13(15,16)17/h2-6,8,19H,7H2,1H3. The molecule has 0 bridgehead atoms. The lowest BCUT2D eigenvalue weighted by Crippen LogP contribution is -2.19. The molecule has 2 aromatic heterocycles. The van der Waals surface area contributed by atoms with E-state index in [2.05, 4.69) is 15.0 Å². The maximum Gasteiger partial charge on any atom is 0.422 e. The number of anilines is 1. The lowest BCUT2D eigenvalue weighted by atomic mass is 10.2. The van der Waals surface area contributed by atoms with Gasteiger partial charge in [0.05, 0.1) is 16.2 Å². The Balaban J connectivity index is 1.93. The summed E-state index contributed by atoms with van der Waals surface area (Å²) in [7, 11) is 0. The van der Waals surface area contributed by atoms with Crippen molar-refractivity contribution >= 4 is 28.6 Å². The molecule has 0 aromatic carbocycles. The normalized spacial score (nSPS) is 13.0. The van der Waals surface area contributed by atoms with E-state index in [9.17, 15) is 13.2 Å². The van der Waals surface area contributed by atoms with Gasteiger partial charge >= 0.3 is 6.18 Å². The Bertz CT molecular complexity index is 586. The first-order valence-electron chi connectivity index (χ1n) is 5.99. The lowest BCUT2D eigenvalue weighted by molar-refractivity contribution is -0.154. The van der Waals surface area contributed by atoms with Gasteiger partial charge in [-0.1, -0.05) is 11.6 Å². The number of halogens is 4. The summed E-state index contributed by atoms with van der Waals surface area (Å²) in [6.45, 7) is 0.600. The van der Waals surface area contributed by atoms with Crippen LogP contribution in [0.1, 0.15) is 18.5 Å². The third-order valence-corrected chi connectivity index (χ3v) is 3.70. The molecule has 2 heterocycles. The fraction of sp³-hybridized carbons (Fsp3) is 0.308. The topological polar surface area (TPSA) is 34.1 Å². The number of aromatic nitrogens is 1. The maximum absolute atomic E-state index is 12.0. The van der Waals surface area contributed by atoms with Gasteiger partial charge in [0.25, 0.3) is 0 Å². The molecule has 1 N–H and O–H groups in total. The third-order valence-electron chi connectivity index (χ3n) is 2.59. The Morgan fingerprint density at radius 1 is 1.43 bits per heavy atom. The van der Waals surface area contributed by atoms with Crippen molar-refractivity contribution in [2.75, 3.05) is 11.9 Å². The third kappa shape index (κ3) is 5.09. The summed E-state index contributed by atoms with van der Waals surface area (Å²) in [5.74, 6) is -0.0656. The number of ether oxygens (including phenoxy) is 1. The SMILES string of the molecule is CC(Nc1ccc(OCC(F)(F)F)nc1)c1csc(Cl)c1. The number of pyridine rings is 1. The summed E-state index contributed by atoms with van der Waals surface area (Å²) in [5.41, 5.74) is 1.71. The van der Waals surface area contributed by atoms with Crippen molar-refractivity contribution in [3.8, 4) is 5.88 Å². The fourth-order valence-electron chi connectivity index (χ4n) is 1.59. The second-order valence-electron chi connectivity index (χ2n) is 4.34. The molecule has 0 saturated carbocycles. The van der Waals surface area contributed by atoms with Gasteiger partial charge in [0.15, 0.2) is 6.61 Å². The molecule has 2 rings (SSSR count). The molecule has 0 radical (unpaired) electrons. The van der Waals surface area contributed by atoms with E-state index < -0.39 is 12.8 Å². The first-order valence-corrected chi connectivity index (χ1v) is 7.25. The van der Waals surface area contributed by atoms with Crippen molar-refractivity contribution in [1.82, 2.24) is 4.98 Å². The van der Waals surface area contributed by atoms with Gasteiger partial charge < -0.3 is 10.1 Å². The van der Waals surface area contributed by atoms with E-state index in [-0.39, 0.29) is 11.9 Å². The van der Waals surface area contributed by atoms with Gasteiger partial charge in [-0.3, -0.25) is 0 Å². The first kappa shape index (κ1) is 15.9. The number of alkyl halides is 3. The molecular weight excluding hydrogens is 325 g/mol. The summed E-state index contributed by atoms with van der Waals surface area (Å²) >= 11 is 7.31. The Kier molecular flexibility index (Phi) is 4.95. The number of hydrogen-bond donors (Lipinski definition) is 1. The van der Waals surface area contributed by atoms with E-state index in [0.717, 1.165) is 5.56 Å². The average Bonchev–Trinajstić information content (AvgIpc) is 2.84. The summed E-state index contributed by atoms with van der Waals surface area (Å²) in [5, 5.41) is 5.12. The van der Waals surface area contributed by atoms with Crippen LogP contribution in [0.3, 0.4) is 0 Å². The van der Waals surface area contributed by atoms with Crippen LogP contribution in [-0.4, -0.2) is 17.8 Å². The smallest absolute Gasteiger partial charge is 0.422 e. The average molecular weight is 337 g/mol. The Morgan fingerprint density at radius 2 is 2.19 bits per heavy atom. The van der Waals surface area contributed by atoms with E-state index in [1.165, 1.54) is 23.6 Å². The molecule has 2 aromatic rings. The summed E-state index contributed by atoms with van der Waals surface area (Å²) < 4.78 is 41.3. The molecule has 0 aliphatic rings. The molecule has 3 nitrogen and oxygen atoms in total. The molecule has 0 spiro atoms. The predicted molar refractivity (Wildman–Crippen MR) is 77.2 cm³/mol. The molecule has 0 amide bonds. The Hall–Kier alpha value is -1.47. The van der Waals surface area contributed by atoms with Gasteiger partial charge in [-0.15, -0.1) is 11.3 Å². The molecule has 0 saturated heterocycles. The van der Waals surface area contributed by atoms with E-state index in [1.807, 2.05) is 18.4 Å². The van der Waals surface area contributed by atoms with Gasteiger partial charge in [0.1, 0.15) is 0 Å². The second-order valence-corrected chi connectivity index (χ2v) is 5.88. The first-order chi connectivity index (χ1) is 9.83. The van der Waals surface area contributed by atoms with Crippen LogP contribution in [0.25, 0.3) is 0 Å². The summed E-state index contributed by atoms with van der Waals surface area (Å²) in [4.78, 5) is 3.83. The summed E-state index contributed by atoms with van der Waals surface area (Å²) in [6.07, 6.45) is -2.94. The Labute approximate surface area is 128 Å². The Morgan fingerprint density at radius 3 is 2.71 bits per heavy atom. The minimum atomic E-state index is -4.37. The van der Waals surface area contributed by atoms with Gasteiger partial charge in [0.2, 0.25) is 5.88 Å². The van der Waals surface area contributed by atoms with Crippen LogP contribution in [0, 0.1) is 0 Å². The van der Waals surface area contributed by atoms with Gasteiger partial charge in [-0.05, 0) is 30.0 Å². The van der Waals surface area contributed by atoms with Crippen LogP contribution in [0.2, 0.25) is 4.34 Å². The molecule has 21 heavy (non-hydrogen) atoms. The monoisotopic (exact) mass is 336 g/mol. The molecule has 0 aliphatic carbocycles. The number of nitrogens with zero attached hydrogens (tertiary/aromatic N) is 1. The fourth-order valence-corrected chi connectivity index (χ4v) is 2.58. The molecule has 1 unspecified atom stereocenters. The van der Waals surface area contributed by atoms with Crippen molar-refractivity contribution in [1.29, 1.82) is 0 Å². The zero-order valence-corrected chi connectivity index (χ0v) is 12.5. The number of nitrogens with one attached hydrogen (secondary N) is 1. The van der Waals surface area contributed by atoms with Crippen molar-refractivity contribution in [2.45, 2.75) is 19.1 Å². The number of rotatable bonds is 5. The quantitative estimate of drug-likeness (QED) is 0.842. The van der Waals surface area contributed by atoms with E-state index in [4.69, 9.17) is 11.6 Å². The zero-order valence-electron chi connectivity index (χ0n) is 10.9. The van der Waals surface area contributed by atoms with Crippen LogP contribution in [0.5, 0.6) is 5.88 Å². The predicted octanol–water partition coefficient (Wildman–Crippen LogP) is 4.91. The molecule has 1 atom stereocenters. The highest BCUT2D eigenvalue weighted by Gasteiger charge is 2.28. The zero-order chi connectivity index (χ0) is 15.5. The minimum Gasteiger partial charge on any atom is -0.468 e. The summed E-state index contributed by atoms with van der Waals surface area (Å²) in [6, 6.07) is 4.88. The molecule has 114 valence electrons. The van der Waals surface area contributed by atoms with Crippen molar-refractivity contribution in [3.63, 3.8) is 0 Å². The minimum absolute atomic E-state index is 0.0116. The number of hydrogen-bond acceptors (Lipinski definition) is 4. The number of thiophene rings is 1. The highest BCUT2D eigenvalue weighted by atomic mass is 35.5. The largest absolute Gasteiger partial charge is 0.468 e. The van der Waals surface area contributed by atoms with Crippen LogP contribution in [0.15, 0.2) is 29.8 Å². The lowest BCUT2D eigenvalue weighted by Gasteiger charge is -2.14. The molecule has 8 heteroatoms. The van der Waals surface area contributed by atoms with Crippen LogP contribution in [0.4, 0.5) is 18.9 Å². The van der Waals surface area contributed by atoms with Gasteiger partial charge in [-0.2, -0.15) is 13.2 Å². The maximum atomic E-state index is 12.0. The van der Waals surface area contributed by atoms with Crippen LogP contribution in [-0.2, 0) is 0 Å². The van der Waals surface area contributed by atoms with E-state index in [0.29, 0.717) is 10.0 Å². The molecular formula is C13H12ClF3N2OS. The van der Waals surface area contributed by atoms with Crippen molar-refractivity contribution < 1.29 is 17.9 Å². The van der Waals surface area contributed by atoms with Crippen LogP contribution < -0.4 is 10.1 Å². The van der Waals surface area contributed by atoms with Gasteiger partial charge in [-0.25, -0.2) is 4.98 Å². The second kappa shape index (κ2) is 6.53. The van der Waals surface area contributed by atoms with Crippen molar-refractivity contribution in [3.05, 3.63) is 39.7 Å². The van der Waals surface area contributed by atoms with Gasteiger partial charge in [0, 0.05) is 12.1 Å². The highest BCUT2D eigenvalue weighted by Crippen LogP contribution is 2.27.